The first-order valence-corrected chi connectivity index (χ1v) is 8.23. The smallest absolute Gasteiger partial charge is 0.257 e. The van der Waals surface area contributed by atoms with E-state index in [1.807, 2.05) is 17.0 Å². The van der Waals surface area contributed by atoms with Crippen molar-refractivity contribution < 1.29 is 9.18 Å². The number of H-pyrrole nitrogens is 1. The minimum Gasteiger partial charge on any atom is -0.369 e. The van der Waals surface area contributed by atoms with E-state index in [1.165, 1.54) is 12.1 Å². The highest BCUT2D eigenvalue weighted by atomic mass is 19.1. The standard InChI is InChI=1S/C17H20FN5O/c18-14-1-3-15(4-2-14)21-5-7-22(8-6-21)16-11-23(12-16)17(24)13-9-19-20-10-13/h1-4,9-10,16H,5-8,11-12H2,(H,19,20). The highest BCUT2D eigenvalue weighted by molar-refractivity contribution is 5.94. The van der Waals surface area contributed by atoms with E-state index in [4.69, 9.17) is 0 Å². The van der Waals surface area contributed by atoms with Crippen molar-refractivity contribution >= 4 is 11.6 Å². The topological polar surface area (TPSA) is 55.5 Å². The third-order valence-corrected chi connectivity index (χ3v) is 4.92. The molecule has 2 aliphatic rings. The van der Waals surface area contributed by atoms with E-state index < -0.39 is 0 Å². The molecule has 4 rings (SSSR count). The molecule has 7 heteroatoms. The number of amides is 1. The number of carbonyl (C=O) groups excluding carboxylic acids is 1. The number of aromatic amines is 1. The molecule has 1 aromatic heterocycles. The second kappa shape index (κ2) is 6.24. The minimum atomic E-state index is -0.200. The number of hydrogen-bond donors (Lipinski definition) is 1. The zero-order valence-corrected chi connectivity index (χ0v) is 13.4. The first-order chi connectivity index (χ1) is 11.7. The maximum absolute atomic E-state index is 13.0. The molecule has 2 aliphatic heterocycles. The van der Waals surface area contributed by atoms with Gasteiger partial charge in [0, 0.05) is 57.2 Å². The molecule has 24 heavy (non-hydrogen) atoms. The van der Waals surface area contributed by atoms with Crippen LogP contribution in [-0.2, 0) is 0 Å². The second-order valence-electron chi connectivity index (χ2n) is 6.35. The summed E-state index contributed by atoms with van der Waals surface area (Å²) in [5, 5.41) is 6.50. The lowest BCUT2D eigenvalue weighted by Gasteiger charge is -2.48. The molecule has 1 aromatic carbocycles. The Morgan fingerprint density at radius 1 is 1.12 bits per heavy atom. The number of nitrogens with zero attached hydrogens (tertiary/aromatic N) is 4. The fraction of sp³-hybridized carbons (Fsp3) is 0.412. The molecule has 0 spiro atoms. The molecule has 0 saturated carbocycles. The number of piperazine rings is 1. The van der Waals surface area contributed by atoms with E-state index in [-0.39, 0.29) is 11.7 Å². The summed E-state index contributed by atoms with van der Waals surface area (Å²) in [7, 11) is 0. The van der Waals surface area contributed by atoms with Crippen LogP contribution in [0.5, 0.6) is 0 Å². The molecule has 0 aliphatic carbocycles. The number of anilines is 1. The van der Waals surface area contributed by atoms with Crippen LogP contribution in [0.2, 0.25) is 0 Å². The summed E-state index contributed by atoms with van der Waals surface area (Å²) < 4.78 is 13.0. The summed E-state index contributed by atoms with van der Waals surface area (Å²) in [5.41, 5.74) is 1.69. The van der Waals surface area contributed by atoms with E-state index >= 15 is 0 Å². The average Bonchev–Trinajstić information content (AvgIpc) is 3.09. The Labute approximate surface area is 139 Å². The molecular weight excluding hydrogens is 309 g/mol. The summed E-state index contributed by atoms with van der Waals surface area (Å²) in [5.74, 6) is -0.154. The number of aromatic nitrogens is 2. The molecule has 3 heterocycles. The van der Waals surface area contributed by atoms with E-state index in [0.717, 1.165) is 45.0 Å². The van der Waals surface area contributed by atoms with Gasteiger partial charge in [-0.05, 0) is 24.3 Å². The van der Waals surface area contributed by atoms with Gasteiger partial charge in [-0.1, -0.05) is 0 Å². The van der Waals surface area contributed by atoms with Crippen molar-refractivity contribution in [3.63, 3.8) is 0 Å². The summed E-state index contributed by atoms with van der Waals surface area (Å²) >= 11 is 0. The number of hydrogen-bond acceptors (Lipinski definition) is 4. The van der Waals surface area contributed by atoms with Crippen LogP contribution < -0.4 is 4.90 Å². The lowest BCUT2D eigenvalue weighted by atomic mass is 10.0. The lowest BCUT2D eigenvalue weighted by Crippen LogP contribution is -2.64. The van der Waals surface area contributed by atoms with Crippen LogP contribution in [0, 0.1) is 5.82 Å². The number of carbonyl (C=O) groups is 1. The highest BCUT2D eigenvalue weighted by Crippen LogP contribution is 2.22. The van der Waals surface area contributed by atoms with E-state index in [0.29, 0.717) is 11.6 Å². The summed E-state index contributed by atoms with van der Waals surface area (Å²) in [6.45, 7) is 5.35. The van der Waals surface area contributed by atoms with Crippen LogP contribution in [-0.4, -0.2) is 71.2 Å². The Morgan fingerprint density at radius 2 is 1.83 bits per heavy atom. The molecule has 1 N–H and O–H groups in total. The predicted molar refractivity (Wildman–Crippen MR) is 88.5 cm³/mol. The van der Waals surface area contributed by atoms with Crippen molar-refractivity contribution in [2.45, 2.75) is 6.04 Å². The Hall–Kier alpha value is -2.41. The van der Waals surface area contributed by atoms with Gasteiger partial charge in [0.25, 0.3) is 5.91 Å². The second-order valence-corrected chi connectivity index (χ2v) is 6.35. The molecule has 0 atom stereocenters. The van der Waals surface area contributed by atoms with Crippen molar-refractivity contribution in [3.8, 4) is 0 Å². The SMILES string of the molecule is O=C(c1cn[nH]c1)N1CC(N2CCN(c3ccc(F)cc3)CC2)C1. The zero-order valence-electron chi connectivity index (χ0n) is 13.4. The van der Waals surface area contributed by atoms with Crippen molar-refractivity contribution in [1.82, 2.24) is 20.0 Å². The van der Waals surface area contributed by atoms with E-state index in [2.05, 4.69) is 20.0 Å². The number of halogens is 1. The molecule has 6 nitrogen and oxygen atoms in total. The van der Waals surface area contributed by atoms with Crippen LogP contribution in [0.3, 0.4) is 0 Å². The van der Waals surface area contributed by atoms with Gasteiger partial charge < -0.3 is 9.80 Å². The molecule has 1 amide bonds. The summed E-state index contributed by atoms with van der Waals surface area (Å²) in [6.07, 6.45) is 3.20. The van der Waals surface area contributed by atoms with Gasteiger partial charge in [0.15, 0.2) is 0 Å². The molecule has 0 unspecified atom stereocenters. The quantitative estimate of drug-likeness (QED) is 0.919. The van der Waals surface area contributed by atoms with Gasteiger partial charge in [-0.3, -0.25) is 14.8 Å². The fourth-order valence-electron chi connectivity index (χ4n) is 3.40. The first-order valence-electron chi connectivity index (χ1n) is 8.23. The van der Waals surface area contributed by atoms with Crippen LogP contribution in [0.4, 0.5) is 10.1 Å². The van der Waals surface area contributed by atoms with Gasteiger partial charge in [-0.2, -0.15) is 5.10 Å². The predicted octanol–water partition coefficient (Wildman–Crippen LogP) is 1.20. The van der Waals surface area contributed by atoms with Crippen LogP contribution in [0.1, 0.15) is 10.4 Å². The van der Waals surface area contributed by atoms with Gasteiger partial charge in [-0.15, -0.1) is 0 Å². The number of nitrogens with one attached hydrogen (secondary N) is 1. The van der Waals surface area contributed by atoms with Gasteiger partial charge in [0.05, 0.1) is 11.8 Å². The zero-order chi connectivity index (χ0) is 16.5. The summed E-state index contributed by atoms with van der Waals surface area (Å²) in [4.78, 5) is 18.8. The van der Waals surface area contributed by atoms with Gasteiger partial charge in [-0.25, -0.2) is 4.39 Å². The van der Waals surface area contributed by atoms with Crippen LogP contribution in [0.15, 0.2) is 36.7 Å². The number of benzene rings is 1. The Bertz CT molecular complexity index is 688. The molecular formula is C17H20FN5O. The minimum absolute atomic E-state index is 0.0462. The third-order valence-electron chi connectivity index (χ3n) is 4.92. The molecule has 2 aromatic rings. The molecule has 126 valence electrons. The first kappa shape index (κ1) is 15.1. The van der Waals surface area contributed by atoms with Gasteiger partial charge >= 0.3 is 0 Å². The van der Waals surface area contributed by atoms with Crippen molar-refractivity contribution in [2.75, 3.05) is 44.2 Å². The van der Waals surface area contributed by atoms with Crippen LogP contribution >= 0.6 is 0 Å². The van der Waals surface area contributed by atoms with Crippen LogP contribution in [0.25, 0.3) is 0 Å². The van der Waals surface area contributed by atoms with E-state index in [9.17, 15) is 9.18 Å². The molecule has 0 bridgehead atoms. The molecule has 2 fully saturated rings. The molecule has 0 radical (unpaired) electrons. The van der Waals surface area contributed by atoms with Crippen molar-refractivity contribution in [1.29, 1.82) is 0 Å². The monoisotopic (exact) mass is 329 g/mol. The van der Waals surface area contributed by atoms with Gasteiger partial charge in [0.1, 0.15) is 5.82 Å². The third kappa shape index (κ3) is 2.87. The Balaban J connectivity index is 1.27. The van der Waals surface area contributed by atoms with Crippen molar-refractivity contribution in [3.05, 3.63) is 48.0 Å². The highest BCUT2D eigenvalue weighted by Gasteiger charge is 2.36. The number of rotatable bonds is 3. The Morgan fingerprint density at radius 3 is 2.46 bits per heavy atom. The largest absolute Gasteiger partial charge is 0.369 e. The molecule has 2 saturated heterocycles. The average molecular weight is 329 g/mol. The number of likely N-dealkylation sites (tertiary alicyclic amines) is 1. The fourth-order valence-corrected chi connectivity index (χ4v) is 3.40. The van der Waals surface area contributed by atoms with Gasteiger partial charge in [0.2, 0.25) is 0 Å². The maximum Gasteiger partial charge on any atom is 0.257 e. The van der Waals surface area contributed by atoms with E-state index in [1.54, 1.807) is 12.4 Å². The maximum atomic E-state index is 13.0. The lowest BCUT2D eigenvalue weighted by molar-refractivity contribution is 0.0247. The Kier molecular flexibility index (Phi) is 3.93. The van der Waals surface area contributed by atoms with Crippen molar-refractivity contribution in [2.24, 2.45) is 0 Å². The normalized spacial score (nSPS) is 19.4. The summed E-state index contributed by atoms with van der Waals surface area (Å²) in [6, 6.07) is 7.12.